The van der Waals surface area contributed by atoms with Crippen LogP contribution >= 0.6 is 0 Å². The van der Waals surface area contributed by atoms with Gasteiger partial charge in [0.05, 0.1) is 12.6 Å². The highest BCUT2D eigenvalue weighted by Crippen LogP contribution is 2.44. The van der Waals surface area contributed by atoms with Gasteiger partial charge in [-0.1, -0.05) is 12.1 Å². The van der Waals surface area contributed by atoms with E-state index in [9.17, 15) is 9.18 Å². The van der Waals surface area contributed by atoms with Crippen LogP contribution in [0.4, 0.5) is 4.39 Å². The van der Waals surface area contributed by atoms with E-state index in [1.54, 1.807) is 29.8 Å². The Kier molecular flexibility index (Phi) is 3.32. The van der Waals surface area contributed by atoms with Gasteiger partial charge in [0.2, 0.25) is 5.88 Å². The summed E-state index contributed by atoms with van der Waals surface area (Å²) < 4.78 is 27.0. The zero-order valence-electron chi connectivity index (χ0n) is 12.8. The van der Waals surface area contributed by atoms with E-state index in [1.807, 2.05) is 0 Å². The number of halogens is 1. The highest BCUT2D eigenvalue weighted by molar-refractivity contribution is 5.99. The van der Waals surface area contributed by atoms with Crippen molar-refractivity contribution >= 4 is 5.97 Å². The summed E-state index contributed by atoms with van der Waals surface area (Å²) in [6.07, 6.45) is 2.89. The predicted molar refractivity (Wildman–Crippen MR) is 80.9 cm³/mol. The normalized spacial score (nSPS) is 21.7. The lowest BCUT2D eigenvalue weighted by atomic mass is 10.1. The van der Waals surface area contributed by atoms with Crippen LogP contribution < -0.4 is 4.74 Å². The van der Waals surface area contributed by atoms with Gasteiger partial charge in [-0.15, -0.1) is 0 Å². The summed E-state index contributed by atoms with van der Waals surface area (Å²) in [5, 5.41) is 4.51. The topological polar surface area (TPSA) is 53.3 Å². The average Bonchev–Trinajstić information content (AvgIpc) is 3.11. The standard InChI is InChI=1S/C17H17FN2O3/c1-2-22-17(21)14-15(12-5-3-4-6-13(12)18)19-20-10-7-8-11(9-10)23-16(14)20/h3-6,10-11H,2,7-9H2,1H3. The molecule has 5 nitrogen and oxygen atoms in total. The summed E-state index contributed by atoms with van der Waals surface area (Å²) in [5.74, 6) is -0.521. The Morgan fingerprint density at radius 2 is 2.26 bits per heavy atom. The molecular formula is C17H17FN2O3. The second kappa shape index (κ2) is 5.37. The summed E-state index contributed by atoms with van der Waals surface area (Å²) in [7, 11) is 0. The van der Waals surface area contributed by atoms with Gasteiger partial charge in [-0.25, -0.2) is 13.9 Å². The van der Waals surface area contributed by atoms with Crippen LogP contribution in [0.5, 0.6) is 5.88 Å². The van der Waals surface area contributed by atoms with Crippen LogP contribution in [0.2, 0.25) is 0 Å². The number of fused-ring (bicyclic) bond motifs is 4. The third-order valence-electron chi connectivity index (χ3n) is 4.46. The van der Waals surface area contributed by atoms with Crippen LogP contribution in [0.25, 0.3) is 11.3 Å². The summed E-state index contributed by atoms with van der Waals surface area (Å²) >= 11 is 0. The molecule has 23 heavy (non-hydrogen) atoms. The lowest BCUT2D eigenvalue weighted by Crippen LogP contribution is -2.23. The van der Waals surface area contributed by atoms with Crippen molar-refractivity contribution in [1.82, 2.24) is 9.78 Å². The summed E-state index contributed by atoms with van der Waals surface area (Å²) in [6, 6.07) is 6.51. The minimum absolute atomic E-state index is 0.103. The van der Waals surface area contributed by atoms with Crippen LogP contribution in [0.1, 0.15) is 42.6 Å². The Bertz CT molecular complexity index is 771. The van der Waals surface area contributed by atoms with Crippen molar-refractivity contribution in [2.75, 3.05) is 6.61 Å². The van der Waals surface area contributed by atoms with Crippen LogP contribution in [0.3, 0.4) is 0 Å². The molecule has 1 aromatic heterocycles. The molecule has 2 unspecified atom stereocenters. The number of esters is 1. The van der Waals surface area contributed by atoms with Crippen molar-refractivity contribution in [3.63, 3.8) is 0 Å². The van der Waals surface area contributed by atoms with Crippen molar-refractivity contribution < 1.29 is 18.7 Å². The lowest BCUT2D eigenvalue weighted by molar-refractivity contribution is 0.0515. The second-order valence-electron chi connectivity index (χ2n) is 5.88. The first-order valence-corrected chi connectivity index (χ1v) is 7.90. The van der Waals surface area contributed by atoms with Crippen LogP contribution in [-0.2, 0) is 4.74 Å². The molecule has 1 fully saturated rings. The first-order valence-electron chi connectivity index (χ1n) is 7.90. The number of ether oxygens (including phenoxy) is 2. The van der Waals surface area contributed by atoms with Crippen LogP contribution in [-0.4, -0.2) is 28.5 Å². The Labute approximate surface area is 133 Å². The number of aromatic nitrogens is 2. The monoisotopic (exact) mass is 316 g/mol. The minimum atomic E-state index is -0.520. The molecule has 1 aromatic carbocycles. The Balaban J connectivity index is 1.91. The van der Waals surface area contributed by atoms with E-state index in [0.29, 0.717) is 11.6 Å². The third kappa shape index (κ3) is 2.20. The second-order valence-corrected chi connectivity index (χ2v) is 5.88. The molecule has 1 aliphatic carbocycles. The number of carbonyl (C=O) groups is 1. The number of nitrogens with zero attached hydrogens (tertiary/aromatic N) is 2. The maximum Gasteiger partial charge on any atom is 0.345 e. The van der Waals surface area contributed by atoms with Crippen LogP contribution in [0, 0.1) is 5.82 Å². The van der Waals surface area contributed by atoms with Gasteiger partial charge in [-0.2, -0.15) is 5.10 Å². The Hall–Kier alpha value is -2.37. The first-order chi connectivity index (χ1) is 11.2. The molecule has 6 heteroatoms. The van der Waals surface area contributed by atoms with E-state index in [-0.39, 0.29) is 29.9 Å². The fourth-order valence-corrected chi connectivity index (χ4v) is 3.41. The zero-order valence-corrected chi connectivity index (χ0v) is 12.8. The predicted octanol–water partition coefficient (Wildman–Crippen LogP) is 3.35. The van der Waals surface area contributed by atoms with Gasteiger partial charge in [0, 0.05) is 12.0 Å². The van der Waals surface area contributed by atoms with Gasteiger partial charge in [0.15, 0.2) is 0 Å². The number of rotatable bonds is 3. The molecule has 0 N–H and O–H groups in total. The zero-order chi connectivity index (χ0) is 16.0. The lowest BCUT2D eigenvalue weighted by Gasteiger charge is -2.22. The Morgan fingerprint density at radius 1 is 1.43 bits per heavy atom. The molecule has 1 saturated carbocycles. The molecule has 2 aliphatic rings. The van der Waals surface area contributed by atoms with Gasteiger partial charge >= 0.3 is 5.97 Å². The molecule has 0 spiro atoms. The first kappa shape index (κ1) is 14.2. The van der Waals surface area contributed by atoms with Crippen molar-refractivity contribution in [2.45, 2.75) is 38.3 Å². The van der Waals surface area contributed by atoms with Crippen molar-refractivity contribution in [3.8, 4) is 17.1 Å². The van der Waals surface area contributed by atoms with E-state index >= 15 is 0 Å². The molecular weight excluding hydrogens is 299 g/mol. The third-order valence-corrected chi connectivity index (χ3v) is 4.46. The van der Waals surface area contributed by atoms with E-state index in [1.165, 1.54) is 6.07 Å². The molecule has 0 amide bonds. The number of hydrogen-bond donors (Lipinski definition) is 0. The molecule has 2 atom stereocenters. The molecule has 2 bridgehead atoms. The molecule has 120 valence electrons. The summed E-state index contributed by atoms with van der Waals surface area (Å²) in [5.41, 5.74) is 0.814. The molecule has 1 aliphatic heterocycles. The molecule has 0 radical (unpaired) electrons. The summed E-state index contributed by atoms with van der Waals surface area (Å²) in [6.45, 7) is 1.98. The van der Waals surface area contributed by atoms with Gasteiger partial charge < -0.3 is 9.47 Å². The van der Waals surface area contributed by atoms with Crippen molar-refractivity contribution in [1.29, 1.82) is 0 Å². The highest BCUT2D eigenvalue weighted by atomic mass is 19.1. The molecule has 4 rings (SSSR count). The maximum atomic E-state index is 14.2. The van der Waals surface area contributed by atoms with Crippen molar-refractivity contribution in [3.05, 3.63) is 35.6 Å². The largest absolute Gasteiger partial charge is 0.474 e. The van der Waals surface area contributed by atoms with E-state index in [4.69, 9.17) is 9.47 Å². The fourth-order valence-electron chi connectivity index (χ4n) is 3.41. The van der Waals surface area contributed by atoms with Crippen molar-refractivity contribution in [2.24, 2.45) is 0 Å². The summed E-state index contributed by atoms with van der Waals surface area (Å²) in [4.78, 5) is 12.4. The van der Waals surface area contributed by atoms with E-state index < -0.39 is 11.8 Å². The molecule has 2 aromatic rings. The number of carbonyl (C=O) groups excluding carboxylic acids is 1. The van der Waals surface area contributed by atoms with Crippen LogP contribution in [0.15, 0.2) is 24.3 Å². The molecule has 2 heterocycles. The van der Waals surface area contributed by atoms with E-state index in [0.717, 1.165) is 19.3 Å². The fraction of sp³-hybridized carbons (Fsp3) is 0.412. The minimum Gasteiger partial charge on any atom is -0.474 e. The quantitative estimate of drug-likeness (QED) is 0.815. The molecule has 0 saturated heterocycles. The van der Waals surface area contributed by atoms with Gasteiger partial charge in [0.1, 0.15) is 23.2 Å². The average molecular weight is 316 g/mol. The van der Waals surface area contributed by atoms with Gasteiger partial charge in [-0.3, -0.25) is 0 Å². The Morgan fingerprint density at radius 3 is 3.04 bits per heavy atom. The highest BCUT2D eigenvalue weighted by Gasteiger charge is 2.40. The SMILES string of the molecule is CCOC(=O)c1c(-c2ccccc2F)nn2c1OC1CCC2C1. The van der Waals surface area contributed by atoms with Gasteiger partial charge in [0.25, 0.3) is 0 Å². The smallest absolute Gasteiger partial charge is 0.345 e. The van der Waals surface area contributed by atoms with E-state index in [2.05, 4.69) is 5.10 Å². The number of hydrogen-bond acceptors (Lipinski definition) is 4. The van der Waals surface area contributed by atoms with Gasteiger partial charge in [-0.05, 0) is 31.9 Å². The maximum absolute atomic E-state index is 14.2. The number of benzene rings is 1.